The largest absolute Gasteiger partial charge is 0.492 e. The average molecular weight is 505 g/mol. The van der Waals surface area contributed by atoms with Gasteiger partial charge in [0, 0.05) is 5.56 Å². The third-order valence-corrected chi connectivity index (χ3v) is 6.73. The number of hydrogen-bond acceptors (Lipinski definition) is 6. The van der Waals surface area contributed by atoms with Gasteiger partial charge in [0.2, 0.25) is 0 Å². The maximum absolute atomic E-state index is 13.4. The zero-order chi connectivity index (χ0) is 26.6. The molecule has 1 heterocycles. The van der Waals surface area contributed by atoms with E-state index in [0.29, 0.717) is 22.2 Å². The number of nitrogens with one attached hydrogen (secondary N) is 1. The Morgan fingerprint density at radius 3 is 2.46 bits per heavy atom. The van der Waals surface area contributed by atoms with Crippen molar-refractivity contribution in [3.8, 4) is 0 Å². The number of amides is 1. The molecule has 37 heavy (non-hydrogen) atoms. The van der Waals surface area contributed by atoms with Crippen molar-refractivity contribution in [3.05, 3.63) is 100 Å². The number of fused-ring (bicyclic) bond motifs is 1. The van der Waals surface area contributed by atoms with Crippen LogP contribution in [0.15, 0.2) is 66.7 Å². The van der Waals surface area contributed by atoms with Gasteiger partial charge in [0.15, 0.2) is 5.54 Å². The Labute approximate surface area is 215 Å². The van der Waals surface area contributed by atoms with Crippen LogP contribution in [-0.4, -0.2) is 35.7 Å². The molecule has 0 radical (unpaired) electrons. The Hall–Kier alpha value is -3.53. The lowest BCUT2D eigenvalue weighted by molar-refractivity contribution is -0.159. The molecule has 0 saturated carbocycles. The Morgan fingerprint density at radius 1 is 1.08 bits per heavy atom. The molecule has 1 amide bonds. The van der Waals surface area contributed by atoms with Gasteiger partial charge in [0.05, 0.1) is 19.3 Å². The minimum Gasteiger partial charge on any atom is -0.459 e. The molecule has 7 nitrogen and oxygen atoms in total. The first-order valence-corrected chi connectivity index (χ1v) is 12.0. The van der Waals surface area contributed by atoms with E-state index < -0.39 is 36.5 Å². The lowest BCUT2D eigenvalue weighted by Gasteiger charge is -2.34. The molecule has 0 fully saturated rings. The molecule has 4 rings (SSSR count). The molecule has 3 aromatic carbocycles. The smallest absolute Gasteiger partial charge is 0.459 e. The molecule has 1 unspecified atom stereocenters. The number of carbonyl (C=O) groups excluding carboxylic acids is 2. The van der Waals surface area contributed by atoms with E-state index in [1.54, 1.807) is 32.9 Å². The lowest BCUT2D eigenvalue weighted by atomic mass is 9.75. The highest BCUT2D eigenvalue weighted by atomic mass is 19.1. The van der Waals surface area contributed by atoms with Crippen LogP contribution in [0.5, 0.6) is 0 Å². The van der Waals surface area contributed by atoms with Crippen LogP contribution in [0.4, 0.5) is 4.39 Å². The standard InChI is InChI=1S/C28H29BFNO6/c1-18-24(14-11-22-17-37-29(34)25(18)22)26(32)31-28(3,19(2)35-15-20-7-5-4-6-8-20)27(33)36-16-21-9-12-23(30)13-10-21/h4-14,19,34H,15-17H2,1-3H3,(H,31,32)/t19-,28?/m1/s1. The van der Waals surface area contributed by atoms with Crippen molar-refractivity contribution in [3.63, 3.8) is 0 Å². The molecule has 192 valence electrons. The van der Waals surface area contributed by atoms with Gasteiger partial charge >= 0.3 is 13.1 Å². The second-order valence-corrected chi connectivity index (χ2v) is 9.27. The fourth-order valence-electron chi connectivity index (χ4n) is 4.22. The zero-order valence-electron chi connectivity index (χ0n) is 21.0. The maximum atomic E-state index is 13.4. The van der Waals surface area contributed by atoms with Gasteiger partial charge in [-0.15, -0.1) is 0 Å². The summed E-state index contributed by atoms with van der Waals surface area (Å²) >= 11 is 0. The van der Waals surface area contributed by atoms with Crippen LogP contribution in [0.25, 0.3) is 0 Å². The van der Waals surface area contributed by atoms with Crippen molar-refractivity contribution in [1.82, 2.24) is 5.32 Å². The van der Waals surface area contributed by atoms with Gasteiger partial charge in [-0.2, -0.15) is 0 Å². The van der Waals surface area contributed by atoms with Crippen LogP contribution in [0, 0.1) is 12.7 Å². The predicted octanol–water partition coefficient (Wildman–Crippen LogP) is 3.19. The van der Waals surface area contributed by atoms with Gasteiger partial charge < -0.3 is 24.5 Å². The molecule has 0 aliphatic carbocycles. The van der Waals surface area contributed by atoms with Crippen LogP contribution in [0.2, 0.25) is 0 Å². The first kappa shape index (κ1) is 26.5. The van der Waals surface area contributed by atoms with Crippen molar-refractivity contribution in [2.45, 2.75) is 52.2 Å². The summed E-state index contributed by atoms with van der Waals surface area (Å²) in [5.74, 6) is -1.61. The number of ether oxygens (including phenoxy) is 2. The van der Waals surface area contributed by atoms with E-state index in [2.05, 4.69) is 5.32 Å². The van der Waals surface area contributed by atoms with E-state index in [-0.39, 0.29) is 19.8 Å². The van der Waals surface area contributed by atoms with Gasteiger partial charge in [0.25, 0.3) is 5.91 Å². The second-order valence-electron chi connectivity index (χ2n) is 9.27. The Morgan fingerprint density at radius 2 is 1.76 bits per heavy atom. The van der Waals surface area contributed by atoms with Crippen LogP contribution in [0.1, 0.15) is 46.5 Å². The van der Waals surface area contributed by atoms with E-state index in [9.17, 15) is 19.0 Å². The predicted molar refractivity (Wildman–Crippen MR) is 136 cm³/mol. The van der Waals surface area contributed by atoms with Gasteiger partial charge in [0.1, 0.15) is 12.4 Å². The average Bonchev–Trinajstić information content (AvgIpc) is 3.28. The Balaban J connectivity index is 1.56. The highest BCUT2D eigenvalue weighted by Crippen LogP contribution is 2.22. The van der Waals surface area contributed by atoms with Crippen LogP contribution < -0.4 is 10.8 Å². The minimum atomic E-state index is -1.56. The van der Waals surface area contributed by atoms with Crippen molar-refractivity contribution in [1.29, 1.82) is 0 Å². The molecule has 0 aromatic heterocycles. The Kier molecular flexibility index (Phi) is 8.07. The molecule has 3 aromatic rings. The molecule has 0 spiro atoms. The number of carbonyl (C=O) groups is 2. The molecule has 2 atom stereocenters. The fourth-order valence-corrected chi connectivity index (χ4v) is 4.22. The molecular formula is C28H29BFNO6. The van der Waals surface area contributed by atoms with E-state index >= 15 is 0 Å². The van der Waals surface area contributed by atoms with E-state index in [0.717, 1.165) is 11.1 Å². The first-order chi connectivity index (χ1) is 17.7. The van der Waals surface area contributed by atoms with Gasteiger partial charge in [-0.05, 0) is 66.7 Å². The van der Waals surface area contributed by atoms with Gasteiger partial charge in [-0.25, -0.2) is 9.18 Å². The second kappa shape index (κ2) is 11.3. The van der Waals surface area contributed by atoms with Crippen LogP contribution in [0.3, 0.4) is 0 Å². The van der Waals surface area contributed by atoms with E-state index in [1.165, 1.54) is 24.3 Å². The summed E-state index contributed by atoms with van der Waals surface area (Å²) in [6.45, 7) is 5.35. The molecular weight excluding hydrogens is 476 g/mol. The third kappa shape index (κ3) is 5.90. The number of halogens is 1. The Bertz CT molecular complexity index is 1270. The summed E-state index contributed by atoms with van der Waals surface area (Å²) in [5.41, 5.74) is 2.18. The van der Waals surface area contributed by atoms with Crippen molar-refractivity contribution in [2.24, 2.45) is 0 Å². The monoisotopic (exact) mass is 505 g/mol. The van der Waals surface area contributed by atoms with Crippen LogP contribution in [-0.2, 0) is 38.7 Å². The molecule has 1 aliphatic heterocycles. The summed E-state index contributed by atoms with van der Waals surface area (Å²) in [4.78, 5) is 26.8. The summed E-state index contributed by atoms with van der Waals surface area (Å²) in [6, 6.07) is 18.4. The highest BCUT2D eigenvalue weighted by Gasteiger charge is 2.44. The number of hydrogen-bond donors (Lipinski definition) is 2. The van der Waals surface area contributed by atoms with Gasteiger partial charge in [-0.1, -0.05) is 48.5 Å². The SMILES string of the molecule is Cc1c(C(=O)NC(C)(C(=O)OCc2ccc(F)cc2)[C@@H](C)OCc2ccccc2)ccc2c1B(O)OC2. The van der Waals surface area contributed by atoms with Gasteiger partial charge in [-0.3, -0.25) is 4.79 Å². The van der Waals surface area contributed by atoms with Crippen molar-refractivity contribution >= 4 is 24.5 Å². The minimum absolute atomic E-state index is 0.0998. The molecule has 2 N–H and O–H groups in total. The van der Waals surface area contributed by atoms with Crippen molar-refractivity contribution < 1.29 is 33.1 Å². The maximum Gasteiger partial charge on any atom is 0.492 e. The summed E-state index contributed by atoms with van der Waals surface area (Å²) in [5, 5.41) is 13.0. The highest BCUT2D eigenvalue weighted by molar-refractivity contribution is 6.62. The quantitative estimate of drug-likeness (QED) is 0.343. The molecule has 0 saturated heterocycles. The lowest BCUT2D eigenvalue weighted by Crippen LogP contribution is -2.60. The molecule has 9 heteroatoms. The molecule has 0 bridgehead atoms. The normalized spacial score (nSPS) is 15.0. The number of esters is 1. The van der Waals surface area contributed by atoms with Crippen molar-refractivity contribution in [2.75, 3.05) is 0 Å². The van der Waals surface area contributed by atoms with E-state index in [4.69, 9.17) is 14.1 Å². The number of rotatable bonds is 9. The summed E-state index contributed by atoms with van der Waals surface area (Å²) < 4.78 is 30.1. The summed E-state index contributed by atoms with van der Waals surface area (Å²) in [7, 11) is -1.11. The zero-order valence-corrected chi connectivity index (χ0v) is 21.0. The number of benzene rings is 3. The topological polar surface area (TPSA) is 94.1 Å². The molecule has 1 aliphatic rings. The third-order valence-electron chi connectivity index (χ3n) is 6.73. The first-order valence-electron chi connectivity index (χ1n) is 12.0. The van der Waals surface area contributed by atoms with Crippen LogP contribution >= 0.6 is 0 Å². The van der Waals surface area contributed by atoms with E-state index in [1.807, 2.05) is 30.3 Å². The summed E-state index contributed by atoms with van der Waals surface area (Å²) in [6.07, 6.45) is -0.777. The fraction of sp³-hybridized carbons (Fsp3) is 0.286.